The molecule has 0 atom stereocenters. The summed E-state index contributed by atoms with van der Waals surface area (Å²) in [6.45, 7) is 1.93. The second-order valence-corrected chi connectivity index (χ2v) is 7.20. The summed E-state index contributed by atoms with van der Waals surface area (Å²) in [4.78, 5) is 26.4. The van der Waals surface area contributed by atoms with Crippen LogP contribution in [0, 0.1) is 0 Å². The molecule has 0 saturated heterocycles. The molecule has 138 valence electrons. The number of anilines is 1. The lowest BCUT2D eigenvalue weighted by Crippen LogP contribution is -2.26. The second-order valence-electron chi connectivity index (χ2n) is 6.03. The van der Waals surface area contributed by atoms with E-state index in [1.54, 1.807) is 35.8 Å². The van der Waals surface area contributed by atoms with Crippen LogP contribution >= 0.6 is 11.8 Å². The van der Waals surface area contributed by atoms with Crippen molar-refractivity contribution in [2.24, 2.45) is 0 Å². The number of nitrogens with one attached hydrogen (secondary N) is 1. The molecule has 0 aliphatic carbocycles. The maximum atomic E-state index is 12.3. The average Bonchev–Trinajstić information content (AvgIpc) is 2.61. The van der Waals surface area contributed by atoms with E-state index in [1.165, 1.54) is 6.92 Å². The van der Waals surface area contributed by atoms with Gasteiger partial charge in [0.05, 0.1) is 0 Å². The first-order valence-corrected chi connectivity index (χ1v) is 9.45. The highest BCUT2D eigenvalue weighted by atomic mass is 32.2. The molecular weight excluding hydrogens is 348 g/mol. The molecule has 6 heteroatoms. The van der Waals surface area contributed by atoms with Crippen molar-refractivity contribution in [3.05, 3.63) is 54.1 Å². The first-order valence-electron chi connectivity index (χ1n) is 8.47. The SMILES string of the molecule is CC(=O)Nc1ccccc1CN(C)C(=O)CCCSc1ccc(O)cc1. The Kier molecular flexibility index (Phi) is 7.53. The molecule has 0 fully saturated rings. The van der Waals surface area contributed by atoms with Crippen LogP contribution in [-0.2, 0) is 16.1 Å². The molecule has 0 aromatic heterocycles. The van der Waals surface area contributed by atoms with Gasteiger partial charge in [0.1, 0.15) is 5.75 Å². The van der Waals surface area contributed by atoms with E-state index in [4.69, 9.17) is 0 Å². The molecule has 0 bridgehead atoms. The topological polar surface area (TPSA) is 69.6 Å². The fourth-order valence-corrected chi connectivity index (χ4v) is 3.31. The lowest BCUT2D eigenvalue weighted by molar-refractivity contribution is -0.130. The number of phenols is 1. The number of para-hydroxylation sites is 1. The number of carbonyl (C=O) groups excluding carboxylic acids is 2. The summed E-state index contributed by atoms with van der Waals surface area (Å²) in [5.41, 5.74) is 1.65. The molecule has 26 heavy (non-hydrogen) atoms. The fraction of sp³-hybridized carbons (Fsp3) is 0.300. The second kappa shape index (κ2) is 9.87. The maximum absolute atomic E-state index is 12.3. The zero-order valence-electron chi connectivity index (χ0n) is 15.1. The van der Waals surface area contributed by atoms with Gasteiger partial charge in [0.15, 0.2) is 0 Å². The van der Waals surface area contributed by atoms with E-state index in [1.807, 2.05) is 36.4 Å². The van der Waals surface area contributed by atoms with Gasteiger partial charge in [-0.25, -0.2) is 0 Å². The third-order valence-electron chi connectivity index (χ3n) is 3.80. The average molecular weight is 372 g/mol. The van der Waals surface area contributed by atoms with Gasteiger partial charge in [-0.15, -0.1) is 11.8 Å². The molecule has 0 saturated carbocycles. The van der Waals surface area contributed by atoms with E-state index in [2.05, 4.69) is 5.32 Å². The van der Waals surface area contributed by atoms with Crippen molar-refractivity contribution in [3.8, 4) is 5.75 Å². The Bertz CT molecular complexity index is 747. The molecule has 0 heterocycles. The maximum Gasteiger partial charge on any atom is 0.222 e. The summed E-state index contributed by atoms with van der Waals surface area (Å²) in [7, 11) is 1.78. The van der Waals surface area contributed by atoms with Crippen molar-refractivity contribution in [2.45, 2.75) is 31.2 Å². The van der Waals surface area contributed by atoms with Gasteiger partial charge in [-0.1, -0.05) is 18.2 Å². The third-order valence-corrected chi connectivity index (χ3v) is 4.90. The van der Waals surface area contributed by atoms with Gasteiger partial charge >= 0.3 is 0 Å². The van der Waals surface area contributed by atoms with Crippen molar-refractivity contribution < 1.29 is 14.7 Å². The van der Waals surface area contributed by atoms with Crippen LogP contribution in [0.1, 0.15) is 25.3 Å². The van der Waals surface area contributed by atoms with Gasteiger partial charge in [0.25, 0.3) is 0 Å². The van der Waals surface area contributed by atoms with Gasteiger partial charge in [0.2, 0.25) is 11.8 Å². The molecule has 0 spiro atoms. The van der Waals surface area contributed by atoms with Gasteiger partial charge in [-0.05, 0) is 48.1 Å². The summed E-state index contributed by atoms with van der Waals surface area (Å²) in [6.07, 6.45) is 1.26. The predicted molar refractivity (Wildman–Crippen MR) is 105 cm³/mol. The normalized spacial score (nSPS) is 10.4. The molecule has 2 N–H and O–H groups in total. The van der Waals surface area contributed by atoms with Crippen LogP contribution in [0.25, 0.3) is 0 Å². The highest BCUT2D eigenvalue weighted by Crippen LogP contribution is 2.22. The number of phenolic OH excluding ortho intramolecular Hbond substituents is 1. The first-order chi connectivity index (χ1) is 12.5. The molecule has 2 aromatic rings. The zero-order valence-corrected chi connectivity index (χ0v) is 15.9. The summed E-state index contributed by atoms with van der Waals surface area (Å²) in [5, 5.41) is 12.1. The van der Waals surface area contributed by atoms with E-state index < -0.39 is 0 Å². The van der Waals surface area contributed by atoms with Gasteiger partial charge in [-0.3, -0.25) is 9.59 Å². The third kappa shape index (κ3) is 6.44. The number of hydrogen-bond donors (Lipinski definition) is 2. The Balaban J connectivity index is 1.79. The van der Waals surface area contributed by atoms with Crippen LogP contribution in [0.15, 0.2) is 53.4 Å². The number of rotatable bonds is 8. The smallest absolute Gasteiger partial charge is 0.222 e. The number of aromatic hydroxyl groups is 1. The Hall–Kier alpha value is -2.47. The standard InChI is InChI=1S/C20H24N2O3S/c1-15(23)21-19-7-4-3-6-16(19)14-22(2)20(25)8-5-13-26-18-11-9-17(24)10-12-18/h3-4,6-7,9-12,24H,5,8,13-14H2,1-2H3,(H,21,23). The Morgan fingerprint density at radius 2 is 1.81 bits per heavy atom. The molecule has 2 amide bonds. The minimum atomic E-state index is -0.127. The zero-order chi connectivity index (χ0) is 18.9. The predicted octanol–water partition coefficient (Wildman–Crippen LogP) is 3.88. The van der Waals surface area contributed by atoms with E-state index in [0.717, 1.165) is 28.3 Å². The number of benzene rings is 2. The number of nitrogens with zero attached hydrogens (tertiary/aromatic N) is 1. The highest BCUT2D eigenvalue weighted by Gasteiger charge is 2.12. The molecule has 2 rings (SSSR count). The summed E-state index contributed by atoms with van der Waals surface area (Å²) in [5.74, 6) is 1.05. The number of amides is 2. The largest absolute Gasteiger partial charge is 0.508 e. The van der Waals surface area contributed by atoms with E-state index >= 15 is 0 Å². The van der Waals surface area contributed by atoms with Gasteiger partial charge in [0, 0.05) is 37.5 Å². The monoisotopic (exact) mass is 372 g/mol. The molecule has 0 aliphatic heterocycles. The molecule has 5 nitrogen and oxygen atoms in total. The molecule has 0 unspecified atom stereocenters. The van der Waals surface area contributed by atoms with Crippen LogP contribution in [0.3, 0.4) is 0 Å². The van der Waals surface area contributed by atoms with Crippen LogP contribution in [0.5, 0.6) is 5.75 Å². The lowest BCUT2D eigenvalue weighted by atomic mass is 10.1. The highest BCUT2D eigenvalue weighted by molar-refractivity contribution is 7.99. The number of thioether (sulfide) groups is 1. The van der Waals surface area contributed by atoms with Crippen molar-refractivity contribution in [2.75, 3.05) is 18.1 Å². The van der Waals surface area contributed by atoms with Crippen LogP contribution in [0.2, 0.25) is 0 Å². The Morgan fingerprint density at radius 3 is 2.50 bits per heavy atom. The van der Waals surface area contributed by atoms with E-state index in [0.29, 0.717) is 13.0 Å². The van der Waals surface area contributed by atoms with Gasteiger partial charge < -0.3 is 15.3 Å². The molecule has 0 radical (unpaired) electrons. The van der Waals surface area contributed by atoms with Crippen molar-refractivity contribution in [3.63, 3.8) is 0 Å². The van der Waals surface area contributed by atoms with Crippen LogP contribution in [-0.4, -0.2) is 34.6 Å². The quantitative estimate of drug-likeness (QED) is 0.545. The molecule has 2 aromatic carbocycles. The van der Waals surface area contributed by atoms with E-state index in [9.17, 15) is 14.7 Å². The fourth-order valence-electron chi connectivity index (χ4n) is 2.46. The van der Waals surface area contributed by atoms with Crippen LogP contribution in [0.4, 0.5) is 5.69 Å². The number of hydrogen-bond acceptors (Lipinski definition) is 4. The summed E-state index contributed by atoms with van der Waals surface area (Å²) in [6, 6.07) is 14.6. The van der Waals surface area contributed by atoms with Crippen molar-refractivity contribution in [1.29, 1.82) is 0 Å². The first kappa shape index (κ1) is 19.8. The van der Waals surface area contributed by atoms with Crippen LogP contribution < -0.4 is 5.32 Å². The molecular formula is C20H24N2O3S. The van der Waals surface area contributed by atoms with Crippen molar-refractivity contribution in [1.82, 2.24) is 4.90 Å². The molecule has 0 aliphatic rings. The van der Waals surface area contributed by atoms with Gasteiger partial charge in [-0.2, -0.15) is 0 Å². The summed E-state index contributed by atoms with van der Waals surface area (Å²) >= 11 is 1.67. The summed E-state index contributed by atoms with van der Waals surface area (Å²) < 4.78 is 0. The Labute approximate surface area is 158 Å². The minimum absolute atomic E-state index is 0.0777. The van der Waals surface area contributed by atoms with E-state index in [-0.39, 0.29) is 17.6 Å². The Morgan fingerprint density at radius 1 is 1.12 bits per heavy atom. The van der Waals surface area contributed by atoms with Crippen molar-refractivity contribution >= 4 is 29.3 Å². The minimum Gasteiger partial charge on any atom is -0.508 e. The number of carbonyl (C=O) groups is 2. The lowest BCUT2D eigenvalue weighted by Gasteiger charge is -2.19.